The SMILES string of the molecule is C#CCN(C)Cc1cc2cc(OCCCC3CCN(C(=O)OC(C)(C)C)CC3)ccc2n1C. The van der Waals surface area contributed by atoms with Gasteiger partial charge in [-0.2, -0.15) is 0 Å². The lowest BCUT2D eigenvalue weighted by Gasteiger charge is -2.33. The molecule has 0 aliphatic carbocycles. The average molecular weight is 454 g/mol. The second kappa shape index (κ2) is 11.0. The molecule has 2 aromatic rings. The fraction of sp³-hybridized carbons (Fsp3) is 0.593. The van der Waals surface area contributed by atoms with Crippen LogP contribution in [0.4, 0.5) is 4.79 Å². The second-order valence-electron chi connectivity index (χ2n) is 10.2. The van der Waals surface area contributed by atoms with Crippen molar-refractivity contribution in [2.75, 3.05) is 33.3 Å². The van der Waals surface area contributed by atoms with Crippen molar-refractivity contribution in [2.24, 2.45) is 13.0 Å². The number of nitrogens with zero attached hydrogens (tertiary/aromatic N) is 3. The summed E-state index contributed by atoms with van der Waals surface area (Å²) in [7, 11) is 4.13. The van der Waals surface area contributed by atoms with Crippen LogP contribution in [0.2, 0.25) is 0 Å². The van der Waals surface area contributed by atoms with Gasteiger partial charge in [0.15, 0.2) is 0 Å². The van der Waals surface area contributed by atoms with E-state index in [0.717, 1.165) is 51.1 Å². The quantitative estimate of drug-likeness (QED) is 0.415. The summed E-state index contributed by atoms with van der Waals surface area (Å²) in [5.41, 5.74) is 1.99. The number of terminal acetylenes is 1. The Balaban J connectivity index is 1.42. The van der Waals surface area contributed by atoms with Gasteiger partial charge in [-0.1, -0.05) is 5.92 Å². The lowest BCUT2D eigenvalue weighted by atomic mass is 9.92. The Morgan fingerprint density at radius 2 is 1.97 bits per heavy atom. The van der Waals surface area contributed by atoms with Crippen molar-refractivity contribution in [3.05, 3.63) is 30.0 Å². The maximum atomic E-state index is 12.2. The minimum Gasteiger partial charge on any atom is -0.494 e. The number of carbonyl (C=O) groups is 1. The average Bonchev–Trinajstić information content (AvgIpc) is 3.05. The Bertz CT molecular complexity index is 975. The molecule has 6 heteroatoms. The number of aromatic nitrogens is 1. The van der Waals surface area contributed by atoms with Crippen molar-refractivity contribution in [2.45, 2.75) is 58.6 Å². The van der Waals surface area contributed by atoms with Crippen molar-refractivity contribution in [3.63, 3.8) is 0 Å². The van der Waals surface area contributed by atoms with E-state index in [1.54, 1.807) is 0 Å². The number of carbonyl (C=O) groups excluding carboxylic acids is 1. The molecule has 0 unspecified atom stereocenters. The molecule has 1 saturated heterocycles. The lowest BCUT2D eigenvalue weighted by molar-refractivity contribution is 0.0179. The number of ether oxygens (including phenoxy) is 2. The molecular formula is C27H39N3O3. The fourth-order valence-electron chi connectivity index (χ4n) is 4.41. The standard InChI is InChI=1S/C27H39N3O3/c1-7-14-28(5)20-23-18-22-19-24(10-11-25(22)29(23)6)32-17-8-9-21-12-15-30(16-13-21)26(31)33-27(2,3)4/h1,10-11,18-19,21H,8-9,12-17,20H2,2-6H3. The highest BCUT2D eigenvalue weighted by molar-refractivity contribution is 5.82. The van der Waals surface area contributed by atoms with Crippen molar-refractivity contribution in [1.29, 1.82) is 0 Å². The van der Waals surface area contributed by atoms with Crippen LogP contribution in [0.15, 0.2) is 24.3 Å². The highest BCUT2D eigenvalue weighted by Crippen LogP contribution is 2.26. The van der Waals surface area contributed by atoms with Gasteiger partial charge in [-0.05, 0) is 83.7 Å². The Kier molecular flexibility index (Phi) is 8.31. The number of piperidine rings is 1. The molecule has 1 fully saturated rings. The highest BCUT2D eigenvalue weighted by atomic mass is 16.6. The monoisotopic (exact) mass is 453 g/mol. The summed E-state index contributed by atoms with van der Waals surface area (Å²) in [6.07, 6.45) is 9.45. The molecule has 1 aliphatic heterocycles. The van der Waals surface area contributed by atoms with E-state index in [1.165, 1.54) is 16.6 Å². The lowest BCUT2D eigenvalue weighted by Crippen LogP contribution is -2.41. The van der Waals surface area contributed by atoms with Crippen LogP contribution < -0.4 is 4.74 Å². The summed E-state index contributed by atoms with van der Waals surface area (Å²) >= 11 is 0. The molecule has 1 aromatic heterocycles. The third-order valence-electron chi connectivity index (χ3n) is 6.20. The van der Waals surface area contributed by atoms with E-state index in [2.05, 4.69) is 46.7 Å². The third-order valence-corrected chi connectivity index (χ3v) is 6.20. The van der Waals surface area contributed by atoms with E-state index in [-0.39, 0.29) is 6.09 Å². The van der Waals surface area contributed by atoms with E-state index in [1.807, 2.05) is 32.7 Å². The molecule has 0 spiro atoms. The first-order valence-corrected chi connectivity index (χ1v) is 12.0. The maximum absolute atomic E-state index is 12.2. The Morgan fingerprint density at radius 1 is 1.24 bits per heavy atom. The van der Waals surface area contributed by atoms with Crippen LogP contribution in [-0.4, -0.2) is 59.4 Å². The minimum atomic E-state index is -0.437. The molecule has 33 heavy (non-hydrogen) atoms. The predicted octanol–water partition coefficient (Wildman–Crippen LogP) is 5.05. The number of hydrogen-bond acceptors (Lipinski definition) is 4. The molecule has 6 nitrogen and oxygen atoms in total. The van der Waals surface area contributed by atoms with Crippen LogP contribution in [0, 0.1) is 18.3 Å². The van der Waals surface area contributed by atoms with Gasteiger partial charge in [0, 0.05) is 43.3 Å². The van der Waals surface area contributed by atoms with Crippen LogP contribution in [0.3, 0.4) is 0 Å². The molecular weight excluding hydrogens is 414 g/mol. The molecule has 180 valence electrons. The summed E-state index contributed by atoms with van der Waals surface area (Å²) in [6.45, 7) is 9.45. The van der Waals surface area contributed by atoms with E-state index >= 15 is 0 Å². The molecule has 2 heterocycles. The molecule has 0 bridgehead atoms. The normalized spacial score (nSPS) is 15.1. The first-order chi connectivity index (χ1) is 15.7. The van der Waals surface area contributed by atoms with Crippen LogP contribution in [0.1, 0.15) is 52.1 Å². The number of aryl methyl sites for hydroxylation is 1. The van der Waals surface area contributed by atoms with Gasteiger partial charge in [0.25, 0.3) is 0 Å². The van der Waals surface area contributed by atoms with Gasteiger partial charge in [0.2, 0.25) is 0 Å². The smallest absolute Gasteiger partial charge is 0.410 e. The van der Waals surface area contributed by atoms with E-state index in [9.17, 15) is 4.79 Å². The van der Waals surface area contributed by atoms with Crippen molar-refractivity contribution in [1.82, 2.24) is 14.4 Å². The number of rotatable bonds is 8. The molecule has 0 N–H and O–H groups in total. The summed E-state index contributed by atoms with van der Waals surface area (Å²) in [5.74, 6) is 4.25. The zero-order chi connectivity index (χ0) is 24.0. The van der Waals surface area contributed by atoms with E-state index in [4.69, 9.17) is 15.9 Å². The van der Waals surface area contributed by atoms with Gasteiger partial charge in [-0.25, -0.2) is 4.79 Å². The van der Waals surface area contributed by atoms with E-state index in [0.29, 0.717) is 19.1 Å². The maximum Gasteiger partial charge on any atom is 0.410 e. The van der Waals surface area contributed by atoms with Crippen LogP contribution in [-0.2, 0) is 18.3 Å². The second-order valence-corrected chi connectivity index (χ2v) is 10.2. The Morgan fingerprint density at radius 3 is 2.64 bits per heavy atom. The molecule has 1 aliphatic rings. The Hall–Kier alpha value is -2.65. The Labute approximate surface area is 198 Å². The molecule has 0 saturated carbocycles. The topological polar surface area (TPSA) is 46.9 Å². The highest BCUT2D eigenvalue weighted by Gasteiger charge is 2.26. The molecule has 1 amide bonds. The van der Waals surface area contributed by atoms with E-state index < -0.39 is 5.60 Å². The van der Waals surface area contributed by atoms with Crippen molar-refractivity contribution >= 4 is 17.0 Å². The first-order valence-electron chi connectivity index (χ1n) is 12.0. The first kappa shape index (κ1) is 25.0. The molecule has 3 rings (SSSR count). The largest absolute Gasteiger partial charge is 0.494 e. The van der Waals surface area contributed by atoms with Gasteiger partial charge in [-0.3, -0.25) is 4.90 Å². The van der Waals surface area contributed by atoms with Crippen LogP contribution >= 0.6 is 0 Å². The third kappa shape index (κ3) is 7.17. The van der Waals surface area contributed by atoms with Crippen molar-refractivity contribution in [3.8, 4) is 18.1 Å². The molecule has 0 atom stereocenters. The van der Waals surface area contributed by atoms with Crippen LogP contribution in [0.5, 0.6) is 5.75 Å². The van der Waals surface area contributed by atoms with Crippen LogP contribution in [0.25, 0.3) is 10.9 Å². The number of hydrogen-bond donors (Lipinski definition) is 0. The summed E-state index contributed by atoms with van der Waals surface area (Å²) < 4.78 is 13.8. The van der Waals surface area contributed by atoms with Gasteiger partial charge >= 0.3 is 6.09 Å². The number of fused-ring (bicyclic) bond motifs is 1. The van der Waals surface area contributed by atoms with Gasteiger partial charge in [0.1, 0.15) is 11.4 Å². The molecule has 0 radical (unpaired) electrons. The minimum absolute atomic E-state index is 0.188. The zero-order valence-corrected chi connectivity index (χ0v) is 20.9. The molecule has 1 aromatic carbocycles. The van der Waals surface area contributed by atoms with Gasteiger partial charge in [0.05, 0.1) is 13.2 Å². The zero-order valence-electron chi connectivity index (χ0n) is 20.9. The number of amides is 1. The number of benzene rings is 1. The number of likely N-dealkylation sites (tertiary alicyclic amines) is 1. The summed E-state index contributed by atoms with van der Waals surface area (Å²) in [5, 5.41) is 1.19. The van der Waals surface area contributed by atoms with Gasteiger partial charge in [-0.15, -0.1) is 6.42 Å². The summed E-state index contributed by atoms with van der Waals surface area (Å²) in [4.78, 5) is 16.2. The fourth-order valence-corrected chi connectivity index (χ4v) is 4.41. The predicted molar refractivity (Wildman–Crippen MR) is 133 cm³/mol. The van der Waals surface area contributed by atoms with Gasteiger partial charge < -0.3 is 18.9 Å². The summed E-state index contributed by atoms with van der Waals surface area (Å²) in [6, 6.07) is 8.52. The van der Waals surface area contributed by atoms with Crippen molar-refractivity contribution < 1.29 is 14.3 Å².